The van der Waals surface area contributed by atoms with E-state index >= 15 is 0 Å². The van der Waals surface area contributed by atoms with Crippen LogP contribution >= 0.6 is 0 Å². The topological polar surface area (TPSA) is 127 Å². The van der Waals surface area contributed by atoms with E-state index in [4.69, 9.17) is 0 Å². The monoisotopic (exact) mass is 270 g/mol. The molecule has 1 heterocycles. The Morgan fingerprint density at radius 2 is 2.11 bits per heavy atom. The summed E-state index contributed by atoms with van der Waals surface area (Å²) in [5, 5.41) is 24.2. The minimum absolute atomic E-state index is 0.296. The van der Waals surface area contributed by atoms with Gasteiger partial charge in [-0.1, -0.05) is 0 Å². The van der Waals surface area contributed by atoms with E-state index in [2.05, 4.69) is 15.4 Å². The van der Waals surface area contributed by atoms with E-state index in [-0.39, 0.29) is 0 Å². The highest BCUT2D eigenvalue weighted by Crippen LogP contribution is 2.25. The molecule has 1 amide bonds. The molecule has 0 bridgehead atoms. The number of hydrogen-bond acceptors (Lipinski definition) is 6. The number of carbonyl (C=O) groups is 1. The Hall–Kier alpha value is -2.98. The summed E-state index contributed by atoms with van der Waals surface area (Å²) < 4.78 is 26.4. The van der Waals surface area contributed by atoms with Gasteiger partial charge in [-0.15, -0.1) is 10.2 Å². The average Bonchev–Trinajstić information content (AvgIpc) is 2.85. The molecule has 98 valence electrons. The third-order valence-electron chi connectivity index (χ3n) is 2.03. The average molecular weight is 270 g/mol. The number of aromatic nitrogens is 4. The third-order valence-corrected chi connectivity index (χ3v) is 2.03. The Morgan fingerprint density at radius 3 is 2.68 bits per heavy atom. The second-order valence-corrected chi connectivity index (χ2v) is 3.23. The maximum atomic E-state index is 13.4. The van der Waals surface area contributed by atoms with Crippen molar-refractivity contribution in [2.45, 2.75) is 0 Å². The molecule has 0 aliphatic heterocycles. The van der Waals surface area contributed by atoms with Crippen molar-refractivity contribution in [1.29, 1.82) is 0 Å². The van der Waals surface area contributed by atoms with Gasteiger partial charge in [-0.2, -0.15) is 9.60 Å². The first-order chi connectivity index (χ1) is 8.99. The summed E-state index contributed by atoms with van der Waals surface area (Å²) in [6.45, 7) is 0. The van der Waals surface area contributed by atoms with Gasteiger partial charge in [0.25, 0.3) is 11.7 Å². The van der Waals surface area contributed by atoms with Crippen LogP contribution in [0.2, 0.25) is 0 Å². The third kappa shape index (κ3) is 2.48. The smallest absolute Gasteiger partial charge is 0.307 e. The van der Waals surface area contributed by atoms with E-state index < -0.39 is 39.7 Å². The summed E-state index contributed by atoms with van der Waals surface area (Å²) in [5.41, 5.74) is -1.53. The maximum absolute atomic E-state index is 13.4. The molecule has 0 unspecified atom stereocenters. The quantitative estimate of drug-likeness (QED) is 0.622. The van der Waals surface area contributed by atoms with Gasteiger partial charge in [0.15, 0.2) is 0 Å². The van der Waals surface area contributed by atoms with Crippen molar-refractivity contribution in [2.24, 2.45) is 0 Å². The van der Waals surface area contributed by atoms with E-state index in [9.17, 15) is 23.7 Å². The molecule has 0 saturated carbocycles. The van der Waals surface area contributed by atoms with Crippen LogP contribution in [0.25, 0.3) is 0 Å². The van der Waals surface area contributed by atoms with Crippen molar-refractivity contribution in [3.8, 4) is 0 Å². The molecule has 0 aliphatic rings. The predicted octanol–water partition coefficient (Wildman–Crippen LogP) is 0.638. The number of tetrazole rings is 1. The lowest BCUT2D eigenvalue weighted by molar-refractivity contribution is -0.387. The Balaban J connectivity index is 2.32. The van der Waals surface area contributed by atoms with Gasteiger partial charge in [0.2, 0.25) is 5.82 Å². The van der Waals surface area contributed by atoms with Gasteiger partial charge < -0.3 is 5.32 Å². The van der Waals surface area contributed by atoms with E-state index in [0.717, 1.165) is 0 Å². The van der Waals surface area contributed by atoms with Gasteiger partial charge in [-0.25, -0.2) is 4.39 Å². The number of benzene rings is 1. The number of rotatable bonds is 3. The van der Waals surface area contributed by atoms with Crippen LogP contribution in [0.3, 0.4) is 0 Å². The van der Waals surface area contributed by atoms with Crippen LogP contribution in [0, 0.1) is 21.7 Å². The van der Waals surface area contributed by atoms with Gasteiger partial charge >= 0.3 is 5.69 Å². The summed E-state index contributed by atoms with van der Waals surface area (Å²) in [4.78, 5) is 20.9. The Morgan fingerprint density at radius 1 is 1.37 bits per heavy atom. The van der Waals surface area contributed by atoms with Gasteiger partial charge in [-0.3, -0.25) is 14.9 Å². The van der Waals surface area contributed by atoms with Crippen molar-refractivity contribution >= 4 is 17.3 Å². The number of carbonyl (C=O) groups excluding carboxylic acids is 1. The van der Waals surface area contributed by atoms with Crippen LogP contribution in [-0.2, 0) is 0 Å². The largest absolute Gasteiger partial charge is 0.316 e. The van der Waals surface area contributed by atoms with Crippen LogP contribution in [0.4, 0.5) is 20.2 Å². The fourth-order valence-corrected chi connectivity index (χ4v) is 1.21. The molecule has 19 heavy (non-hydrogen) atoms. The lowest BCUT2D eigenvalue weighted by Gasteiger charge is -2.04. The summed E-state index contributed by atoms with van der Waals surface area (Å²) in [7, 11) is 0. The van der Waals surface area contributed by atoms with Gasteiger partial charge in [-0.05, 0) is 5.21 Å². The molecule has 2 rings (SSSR count). The lowest BCUT2D eigenvalue weighted by atomic mass is 10.2. The van der Waals surface area contributed by atoms with Crippen LogP contribution in [-0.4, -0.2) is 31.5 Å². The lowest BCUT2D eigenvalue weighted by Crippen LogP contribution is -2.15. The molecule has 0 fully saturated rings. The first-order valence-electron chi connectivity index (χ1n) is 4.67. The Bertz CT molecular complexity index is 644. The van der Waals surface area contributed by atoms with Crippen molar-refractivity contribution in [3.63, 3.8) is 0 Å². The molecule has 9 nitrogen and oxygen atoms in total. The fourth-order valence-electron chi connectivity index (χ4n) is 1.21. The normalized spacial score (nSPS) is 10.2. The molecule has 0 atom stereocenters. The van der Waals surface area contributed by atoms with E-state index in [0.29, 0.717) is 12.1 Å². The fraction of sp³-hybridized carbons (Fsp3) is 0. The molecule has 1 aromatic heterocycles. The highest BCUT2D eigenvalue weighted by molar-refractivity contribution is 6.01. The number of halogens is 2. The van der Waals surface area contributed by atoms with Crippen molar-refractivity contribution in [1.82, 2.24) is 20.6 Å². The number of nitro groups is 1. The molecule has 11 heteroatoms. The standard InChI is InChI=1S/C8H4F2N6O3/c9-3-1-4(10)6(16(18)19)2-5(3)11-8(17)7-12-14-15-13-7/h1-2H,(H,11,17)(H,12,13,14,15). The first-order valence-corrected chi connectivity index (χ1v) is 4.67. The van der Waals surface area contributed by atoms with Crippen molar-refractivity contribution in [3.05, 3.63) is 39.7 Å². The maximum Gasteiger partial charge on any atom is 0.307 e. The van der Waals surface area contributed by atoms with Gasteiger partial charge in [0, 0.05) is 12.1 Å². The number of nitrogens with zero attached hydrogens (tertiary/aromatic N) is 4. The van der Waals surface area contributed by atoms with Crippen molar-refractivity contribution < 1.29 is 18.5 Å². The molecular formula is C8H4F2N6O3. The zero-order valence-corrected chi connectivity index (χ0v) is 8.92. The minimum Gasteiger partial charge on any atom is -0.316 e. The summed E-state index contributed by atoms with van der Waals surface area (Å²) in [5.74, 6) is -3.86. The molecular weight excluding hydrogens is 266 g/mol. The van der Waals surface area contributed by atoms with Gasteiger partial charge in [0.05, 0.1) is 10.6 Å². The SMILES string of the molecule is O=C(Nc1cc([N+](=O)[O-])c(F)cc1F)c1nn[nH]n1. The molecule has 2 aromatic rings. The van der Waals surface area contributed by atoms with Crippen LogP contribution in [0.1, 0.15) is 10.6 Å². The zero-order chi connectivity index (χ0) is 14.0. The van der Waals surface area contributed by atoms with E-state index in [1.807, 2.05) is 10.5 Å². The first kappa shape index (κ1) is 12.5. The number of aromatic amines is 1. The number of nitro benzene ring substituents is 1. The molecule has 1 aromatic carbocycles. The summed E-state index contributed by atoms with van der Waals surface area (Å²) in [6, 6.07) is 0.854. The molecule has 0 spiro atoms. The minimum atomic E-state index is -1.35. The van der Waals surface area contributed by atoms with Crippen LogP contribution < -0.4 is 5.32 Å². The highest BCUT2D eigenvalue weighted by Gasteiger charge is 2.21. The summed E-state index contributed by atoms with van der Waals surface area (Å²) >= 11 is 0. The highest BCUT2D eigenvalue weighted by atomic mass is 19.1. The zero-order valence-electron chi connectivity index (χ0n) is 8.92. The molecule has 0 aliphatic carbocycles. The van der Waals surface area contributed by atoms with Gasteiger partial charge in [0.1, 0.15) is 5.82 Å². The van der Waals surface area contributed by atoms with Crippen molar-refractivity contribution in [2.75, 3.05) is 5.32 Å². The van der Waals surface area contributed by atoms with Crippen LogP contribution in [0.15, 0.2) is 12.1 Å². The molecule has 2 N–H and O–H groups in total. The Kier molecular flexibility index (Phi) is 3.10. The number of H-pyrrole nitrogens is 1. The number of amides is 1. The predicted molar refractivity (Wildman–Crippen MR) is 55.1 cm³/mol. The van der Waals surface area contributed by atoms with Crippen LogP contribution in [0.5, 0.6) is 0 Å². The summed E-state index contributed by atoms with van der Waals surface area (Å²) in [6.07, 6.45) is 0. The van der Waals surface area contributed by atoms with E-state index in [1.165, 1.54) is 0 Å². The Labute approximate surface area is 102 Å². The second-order valence-electron chi connectivity index (χ2n) is 3.23. The molecule has 0 radical (unpaired) electrons. The second kappa shape index (κ2) is 4.72. The number of anilines is 1. The number of hydrogen-bond donors (Lipinski definition) is 2. The number of nitrogens with one attached hydrogen (secondary N) is 2. The van der Waals surface area contributed by atoms with E-state index in [1.54, 1.807) is 0 Å². The molecule has 0 saturated heterocycles.